The highest BCUT2D eigenvalue weighted by Gasteiger charge is 2.34. The Bertz CT molecular complexity index is 1580. The van der Waals surface area contributed by atoms with E-state index >= 15 is 0 Å². The number of nitrogens with zero attached hydrogens (tertiary/aromatic N) is 2. The van der Waals surface area contributed by atoms with Gasteiger partial charge in [0.25, 0.3) is 0 Å². The molecule has 6 heteroatoms. The molecule has 3 aromatic carbocycles. The predicted molar refractivity (Wildman–Crippen MR) is 144 cm³/mol. The molecule has 6 rings (SSSR count). The SMILES string of the molecule is CC(C)n1cc2ccc3c(=O)c(-c4ccc(C5(N)CCC5)cc4)c(-c4ccccc4)oc3c2n1.Cl. The predicted octanol–water partition coefficient (Wildman–Crippen LogP) is 6.82. The maximum atomic E-state index is 13.9. The molecule has 2 heterocycles. The third-order valence-corrected chi connectivity index (χ3v) is 7.11. The minimum Gasteiger partial charge on any atom is -0.453 e. The number of nitrogens with two attached hydrogens (primary N) is 1. The highest BCUT2D eigenvalue weighted by atomic mass is 35.5. The summed E-state index contributed by atoms with van der Waals surface area (Å²) in [4.78, 5) is 13.9. The Hall–Kier alpha value is -3.41. The van der Waals surface area contributed by atoms with E-state index in [9.17, 15) is 4.79 Å². The van der Waals surface area contributed by atoms with Gasteiger partial charge >= 0.3 is 0 Å². The molecule has 0 radical (unpaired) electrons. The Morgan fingerprint density at radius 3 is 2.31 bits per heavy atom. The summed E-state index contributed by atoms with van der Waals surface area (Å²) in [5.41, 5.74) is 10.8. The van der Waals surface area contributed by atoms with Crippen molar-refractivity contribution in [2.75, 3.05) is 0 Å². The Morgan fingerprint density at radius 2 is 1.69 bits per heavy atom. The summed E-state index contributed by atoms with van der Waals surface area (Å²) in [7, 11) is 0. The van der Waals surface area contributed by atoms with Crippen LogP contribution < -0.4 is 11.2 Å². The topological polar surface area (TPSA) is 74.0 Å². The van der Waals surface area contributed by atoms with Crippen LogP contribution >= 0.6 is 12.4 Å². The van der Waals surface area contributed by atoms with Crippen molar-refractivity contribution in [1.82, 2.24) is 9.78 Å². The third-order valence-electron chi connectivity index (χ3n) is 7.11. The number of halogens is 1. The molecule has 0 amide bonds. The van der Waals surface area contributed by atoms with Gasteiger partial charge in [-0.3, -0.25) is 9.48 Å². The first-order valence-corrected chi connectivity index (χ1v) is 11.9. The first-order valence-electron chi connectivity index (χ1n) is 11.9. The van der Waals surface area contributed by atoms with Gasteiger partial charge in [-0.15, -0.1) is 12.4 Å². The number of hydrogen-bond donors (Lipinski definition) is 1. The van der Waals surface area contributed by atoms with E-state index in [1.807, 2.05) is 65.5 Å². The molecule has 1 aliphatic rings. The lowest BCUT2D eigenvalue weighted by Crippen LogP contribution is -2.43. The minimum absolute atomic E-state index is 0. The largest absolute Gasteiger partial charge is 0.453 e. The molecule has 5 aromatic rings. The van der Waals surface area contributed by atoms with Gasteiger partial charge in [-0.05, 0) is 50.3 Å². The van der Waals surface area contributed by atoms with Crippen LogP contribution in [0.4, 0.5) is 0 Å². The van der Waals surface area contributed by atoms with Gasteiger partial charge in [0, 0.05) is 28.7 Å². The van der Waals surface area contributed by atoms with E-state index in [0.717, 1.165) is 41.3 Å². The first kappa shape index (κ1) is 23.3. The van der Waals surface area contributed by atoms with Crippen molar-refractivity contribution in [3.63, 3.8) is 0 Å². The molecule has 2 N–H and O–H groups in total. The molecule has 35 heavy (non-hydrogen) atoms. The van der Waals surface area contributed by atoms with E-state index in [4.69, 9.17) is 15.2 Å². The normalized spacial score (nSPS) is 14.7. The van der Waals surface area contributed by atoms with Crippen LogP contribution in [0.3, 0.4) is 0 Å². The van der Waals surface area contributed by atoms with Gasteiger partial charge < -0.3 is 10.2 Å². The Balaban J connectivity index is 0.00000253. The summed E-state index contributed by atoms with van der Waals surface area (Å²) in [5.74, 6) is 0.559. The summed E-state index contributed by atoms with van der Waals surface area (Å²) in [5, 5.41) is 6.23. The molecule has 1 saturated carbocycles. The van der Waals surface area contributed by atoms with Crippen LogP contribution in [0.2, 0.25) is 0 Å². The van der Waals surface area contributed by atoms with Crippen LogP contribution in [0.5, 0.6) is 0 Å². The monoisotopic (exact) mass is 485 g/mol. The van der Waals surface area contributed by atoms with E-state index in [0.29, 0.717) is 27.8 Å². The van der Waals surface area contributed by atoms with E-state index in [1.165, 1.54) is 0 Å². The molecule has 1 fully saturated rings. The van der Waals surface area contributed by atoms with Crippen LogP contribution in [0.1, 0.15) is 44.7 Å². The Kier molecular flexibility index (Phi) is 5.78. The maximum absolute atomic E-state index is 13.9. The number of benzene rings is 3. The van der Waals surface area contributed by atoms with E-state index < -0.39 is 0 Å². The number of fused-ring (bicyclic) bond motifs is 3. The fourth-order valence-corrected chi connectivity index (χ4v) is 4.89. The van der Waals surface area contributed by atoms with E-state index in [-0.39, 0.29) is 29.4 Å². The molecular weight excluding hydrogens is 458 g/mol. The summed E-state index contributed by atoms with van der Waals surface area (Å²) >= 11 is 0. The van der Waals surface area contributed by atoms with Gasteiger partial charge in [0.05, 0.1) is 10.9 Å². The van der Waals surface area contributed by atoms with Crippen molar-refractivity contribution in [2.24, 2.45) is 5.73 Å². The summed E-state index contributed by atoms with van der Waals surface area (Å²) < 4.78 is 8.45. The van der Waals surface area contributed by atoms with Crippen molar-refractivity contribution in [3.05, 3.63) is 88.7 Å². The van der Waals surface area contributed by atoms with Gasteiger partial charge in [0.15, 0.2) is 5.58 Å². The fourth-order valence-electron chi connectivity index (χ4n) is 4.89. The van der Waals surface area contributed by atoms with Crippen LogP contribution in [-0.4, -0.2) is 9.78 Å². The van der Waals surface area contributed by atoms with E-state index in [2.05, 4.69) is 26.0 Å². The highest BCUT2D eigenvalue weighted by Crippen LogP contribution is 2.40. The fraction of sp³-hybridized carbons (Fsp3) is 0.241. The Morgan fingerprint density at radius 1 is 0.971 bits per heavy atom. The zero-order valence-electron chi connectivity index (χ0n) is 19.8. The number of rotatable bonds is 4. The third kappa shape index (κ3) is 3.76. The van der Waals surface area contributed by atoms with Gasteiger partial charge in [-0.1, -0.05) is 60.7 Å². The molecule has 0 aliphatic heterocycles. The molecular formula is C29H28ClN3O2. The van der Waals surface area contributed by atoms with Crippen LogP contribution in [0, 0.1) is 0 Å². The molecule has 5 nitrogen and oxygen atoms in total. The lowest BCUT2D eigenvalue weighted by Gasteiger charge is -2.38. The maximum Gasteiger partial charge on any atom is 0.201 e. The van der Waals surface area contributed by atoms with Gasteiger partial charge in [0.2, 0.25) is 5.43 Å². The average Bonchev–Trinajstić information content (AvgIpc) is 3.28. The zero-order valence-corrected chi connectivity index (χ0v) is 20.6. The molecule has 1 aliphatic carbocycles. The second kappa shape index (κ2) is 8.67. The highest BCUT2D eigenvalue weighted by molar-refractivity contribution is 6.03. The van der Waals surface area contributed by atoms with Crippen molar-refractivity contribution < 1.29 is 4.42 Å². The average molecular weight is 486 g/mol. The molecule has 0 saturated heterocycles. The van der Waals surface area contributed by atoms with Crippen molar-refractivity contribution in [3.8, 4) is 22.5 Å². The second-order valence-corrected chi connectivity index (χ2v) is 9.67. The standard InChI is InChI=1S/C29H27N3O2.ClH/c1-18(2)32-17-21-11-14-23-26(33)24(19-9-12-22(13-10-19)29(30)15-6-16-29)27(20-7-4-3-5-8-20)34-28(23)25(21)31-32;/h3-5,7-14,17-18H,6,15-16,30H2,1-2H3;1H. The quantitative estimate of drug-likeness (QED) is 0.303. The summed E-state index contributed by atoms with van der Waals surface area (Å²) in [6.45, 7) is 4.16. The summed E-state index contributed by atoms with van der Waals surface area (Å²) in [6, 6.07) is 21.9. The zero-order chi connectivity index (χ0) is 23.4. The van der Waals surface area contributed by atoms with Gasteiger partial charge in [0.1, 0.15) is 11.3 Å². The Labute approximate surface area is 210 Å². The van der Waals surface area contributed by atoms with Crippen molar-refractivity contribution in [1.29, 1.82) is 0 Å². The minimum atomic E-state index is -0.240. The van der Waals surface area contributed by atoms with Gasteiger partial charge in [-0.25, -0.2) is 0 Å². The number of aromatic nitrogens is 2. The van der Waals surface area contributed by atoms with E-state index in [1.54, 1.807) is 0 Å². The van der Waals surface area contributed by atoms with Crippen LogP contribution in [-0.2, 0) is 5.54 Å². The molecule has 0 atom stereocenters. The molecule has 0 unspecified atom stereocenters. The van der Waals surface area contributed by atoms with Crippen LogP contribution in [0.15, 0.2) is 82.1 Å². The van der Waals surface area contributed by atoms with Crippen LogP contribution in [0.25, 0.3) is 44.3 Å². The molecule has 0 bridgehead atoms. The first-order chi connectivity index (χ1) is 16.4. The number of hydrogen-bond acceptors (Lipinski definition) is 4. The van der Waals surface area contributed by atoms with Crippen molar-refractivity contribution >= 4 is 34.3 Å². The lowest BCUT2D eigenvalue weighted by molar-refractivity contribution is 0.253. The van der Waals surface area contributed by atoms with Gasteiger partial charge in [-0.2, -0.15) is 5.10 Å². The smallest absolute Gasteiger partial charge is 0.201 e. The second-order valence-electron chi connectivity index (χ2n) is 9.67. The molecule has 2 aromatic heterocycles. The molecule has 178 valence electrons. The molecule has 0 spiro atoms. The lowest BCUT2D eigenvalue weighted by atomic mass is 9.72. The summed E-state index contributed by atoms with van der Waals surface area (Å²) in [6.07, 6.45) is 5.15. The van der Waals surface area contributed by atoms with Crippen molar-refractivity contribution in [2.45, 2.75) is 44.7 Å².